The summed E-state index contributed by atoms with van der Waals surface area (Å²) >= 11 is 3.41. The summed E-state index contributed by atoms with van der Waals surface area (Å²) in [5.74, 6) is 0.333. The number of amides is 1. The van der Waals surface area contributed by atoms with Crippen molar-refractivity contribution < 1.29 is 14.3 Å². The molecule has 0 atom stereocenters. The highest BCUT2D eigenvalue weighted by molar-refractivity contribution is 9.10. The molecular weight excluding hydrogens is 454 g/mol. The predicted octanol–water partition coefficient (Wildman–Crippen LogP) is 2.65. The fourth-order valence-electron chi connectivity index (χ4n) is 3.18. The third-order valence-electron chi connectivity index (χ3n) is 4.50. The van der Waals surface area contributed by atoms with Crippen LogP contribution < -0.4 is 20.9 Å². The summed E-state index contributed by atoms with van der Waals surface area (Å²) in [5.41, 5.74) is 6.24. The number of hydrogen-bond donors (Lipinski definition) is 2. The van der Waals surface area contributed by atoms with Crippen LogP contribution in [0.15, 0.2) is 51.7 Å². The first kappa shape index (κ1) is 19.6. The number of imidazole rings is 1. The molecule has 4 rings (SSSR count). The van der Waals surface area contributed by atoms with Gasteiger partial charge in [-0.05, 0) is 30.3 Å². The van der Waals surface area contributed by atoms with Gasteiger partial charge in [0, 0.05) is 4.47 Å². The van der Waals surface area contributed by atoms with E-state index in [1.54, 1.807) is 42.5 Å². The lowest BCUT2D eigenvalue weighted by Gasteiger charge is -2.11. The van der Waals surface area contributed by atoms with E-state index in [1.807, 2.05) is 0 Å². The van der Waals surface area contributed by atoms with E-state index in [-0.39, 0.29) is 22.7 Å². The number of ether oxygens (including phenoxy) is 2. The summed E-state index contributed by atoms with van der Waals surface area (Å²) in [6.45, 7) is 0. The largest absolute Gasteiger partial charge is 0.496 e. The van der Waals surface area contributed by atoms with Gasteiger partial charge in [0.25, 0.3) is 5.91 Å². The van der Waals surface area contributed by atoms with Crippen LogP contribution in [0.2, 0.25) is 0 Å². The van der Waals surface area contributed by atoms with Crippen LogP contribution in [0.25, 0.3) is 28.2 Å². The molecule has 0 spiro atoms. The molecule has 152 valence electrons. The van der Waals surface area contributed by atoms with Crippen LogP contribution in [0.5, 0.6) is 11.5 Å². The Kier molecular flexibility index (Phi) is 5.00. The molecule has 3 N–H and O–H groups in total. The lowest BCUT2D eigenvalue weighted by Crippen LogP contribution is -2.16. The number of para-hydroxylation sites is 2. The molecule has 0 saturated carbocycles. The van der Waals surface area contributed by atoms with E-state index in [4.69, 9.17) is 15.2 Å². The van der Waals surface area contributed by atoms with Gasteiger partial charge in [-0.1, -0.05) is 28.1 Å². The molecule has 0 fully saturated rings. The summed E-state index contributed by atoms with van der Waals surface area (Å²) in [7, 11) is 3.02. The number of nitrogens with two attached hydrogens (primary N) is 1. The van der Waals surface area contributed by atoms with Gasteiger partial charge in [-0.15, -0.1) is 0 Å². The van der Waals surface area contributed by atoms with Gasteiger partial charge in [0.1, 0.15) is 17.0 Å². The third kappa shape index (κ3) is 3.20. The van der Waals surface area contributed by atoms with E-state index in [9.17, 15) is 9.59 Å². The van der Waals surface area contributed by atoms with Crippen LogP contribution in [0.1, 0.15) is 10.5 Å². The van der Waals surface area contributed by atoms with Gasteiger partial charge < -0.3 is 20.2 Å². The second-order valence-electron chi connectivity index (χ2n) is 6.24. The first-order valence-corrected chi connectivity index (χ1v) is 9.53. The Morgan fingerprint density at radius 1 is 1.10 bits per heavy atom. The Balaban J connectivity index is 2.11. The smallest absolute Gasteiger partial charge is 0.332 e. The standard InChI is InChI=1S/C20H16BrN5O4/c1-29-13-8-7-10(21)9-11(13)18-23-15(17(22)27)16-19(25-18)26(20(28)24-16)12-5-3-4-6-14(12)30-2/h3-9H,1-2H3,(H2,22,27)(H,24,28). The zero-order valence-corrected chi connectivity index (χ0v) is 17.6. The van der Waals surface area contributed by atoms with Crippen LogP contribution in [0.3, 0.4) is 0 Å². The molecular formula is C20H16BrN5O4. The highest BCUT2D eigenvalue weighted by atomic mass is 79.9. The summed E-state index contributed by atoms with van der Waals surface area (Å²) in [6, 6.07) is 12.3. The van der Waals surface area contributed by atoms with E-state index < -0.39 is 11.6 Å². The van der Waals surface area contributed by atoms with E-state index >= 15 is 0 Å². The molecule has 0 saturated heterocycles. The zero-order chi connectivity index (χ0) is 21.4. The predicted molar refractivity (Wildman–Crippen MR) is 114 cm³/mol. The highest BCUT2D eigenvalue weighted by Gasteiger charge is 2.22. The third-order valence-corrected chi connectivity index (χ3v) is 4.99. The number of H-pyrrole nitrogens is 1. The number of aromatic nitrogens is 4. The summed E-state index contributed by atoms with van der Waals surface area (Å²) < 4.78 is 12.9. The van der Waals surface area contributed by atoms with Gasteiger partial charge in [-0.2, -0.15) is 0 Å². The minimum atomic E-state index is -0.800. The van der Waals surface area contributed by atoms with Gasteiger partial charge in [0.2, 0.25) is 0 Å². The quantitative estimate of drug-likeness (QED) is 0.462. The number of fused-ring (bicyclic) bond motifs is 1. The van der Waals surface area contributed by atoms with Crippen molar-refractivity contribution in [1.29, 1.82) is 0 Å². The topological polar surface area (TPSA) is 125 Å². The monoisotopic (exact) mass is 469 g/mol. The number of rotatable bonds is 5. The number of methoxy groups -OCH3 is 2. The minimum absolute atomic E-state index is 0.109. The second kappa shape index (κ2) is 7.64. The number of nitrogens with zero attached hydrogens (tertiary/aromatic N) is 3. The van der Waals surface area contributed by atoms with Crippen LogP contribution in [0.4, 0.5) is 0 Å². The molecule has 0 unspecified atom stereocenters. The van der Waals surface area contributed by atoms with E-state index in [2.05, 4.69) is 30.9 Å². The number of halogens is 1. The summed E-state index contributed by atoms with van der Waals surface area (Å²) in [4.78, 5) is 36.5. The first-order chi connectivity index (χ1) is 14.4. The Labute approximate surface area is 178 Å². The number of benzene rings is 2. The Morgan fingerprint density at radius 2 is 1.83 bits per heavy atom. The number of carbonyl (C=O) groups excluding carboxylic acids is 1. The van der Waals surface area contributed by atoms with Gasteiger partial charge in [-0.3, -0.25) is 4.79 Å². The maximum atomic E-state index is 12.8. The van der Waals surface area contributed by atoms with Crippen molar-refractivity contribution in [2.75, 3.05) is 14.2 Å². The van der Waals surface area contributed by atoms with E-state index in [1.165, 1.54) is 18.8 Å². The lowest BCUT2D eigenvalue weighted by molar-refractivity contribution is 0.0997. The number of nitrogens with one attached hydrogen (secondary N) is 1. The van der Waals surface area contributed by atoms with Crippen molar-refractivity contribution >= 4 is 33.0 Å². The second-order valence-corrected chi connectivity index (χ2v) is 7.16. The normalized spacial score (nSPS) is 10.9. The molecule has 0 aliphatic heterocycles. The lowest BCUT2D eigenvalue weighted by atomic mass is 10.1. The zero-order valence-electron chi connectivity index (χ0n) is 16.0. The molecule has 4 aromatic rings. The van der Waals surface area contributed by atoms with Crippen molar-refractivity contribution in [2.45, 2.75) is 0 Å². The van der Waals surface area contributed by atoms with Crippen molar-refractivity contribution in [1.82, 2.24) is 19.5 Å². The molecule has 0 aliphatic rings. The van der Waals surface area contributed by atoms with Crippen LogP contribution >= 0.6 is 15.9 Å². The maximum absolute atomic E-state index is 12.8. The molecule has 0 aliphatic carbocycles. The fraction of sp³-hybridized carbons (Fsp3) is 0.100. The van der Waals surface area contributed by atoms with Crippen LogP contribution in [-0.2, 0) is 0 Å². The van der Waals surface area contributed by atoms with Gasteiger partial charge in [-0.25, -0.2) is 19.3 Å². The number of aromatic amines is 1. The van der Waals surface area contributed by atoms with Crippen molar-refractivity contribution in [2.24, 2.45) is 5.73 Å². The first-order valence-electron chi connectivity index (χ1n) is 8.74. The number of hydrogen-bond acceptors (Lipinski definition) is 6. The van der Waals surface area contributed by atoms with Crippen molar-refractivity contribution in [3.63, 3.8) is 0 Å². The summed E-state index contributed by atoms with van der Waals surface area (Å²) in [6.07, 6.45) is 0. The van der Waals surface area contributed by atoms with Gasteiger partial charge in [0.15, 0.2) is 17.2 Å². The molecule has 1 amide bonds. The molecule has 9 nitrogen and oxygen atoms in total. The van der Waals surface area contributed by atoms with E-state index in [0.29, 0.717) is 22.7 Å². The molecule has 30 heavy (non-hydrogen) atoms. The molecule has 2 aromatic heterocycles. The Bertz CT molecular complexity index is 1350. The van der Waals surface area contributed by atoms with Gasteiger partial charge >= 0.3 is 5.69 Å². The molecule has 0 bridgehead atoms. The number of carbonyl (C=O) groups is 1. The average molecular weight is 470 g/mol. The summed E-state index contributed by atoms with van der Waals surface area (Å²) in [5, 5.41) is 0. The van der Waals surface area contributed by atoms with Crippen LogP contribution in [0, 0.1) is 0 Å². The fourth-order valence-corrected chi connectivity index (χ4v) is 3.54. The number of primary amides is 1. The molecule has 10 heteroatoms. The minimum Gasteiger partial charge on any atom is -0.496 e. The highest BCUT2D eigenvalue weighted by Crippen LogP contribution is 2.32. The van der Waals surface area contributed by atoms with Crippen molar-refractivity contribution in [3.05, 3.63) is 63.1 Å². The van der Waals surface area contributed by atoms with Crippen LogP contribution in [-0.4, -0.2) is 39.6 Å². The average Bonchev–Trinajstić information content (AvgIpc) is 3.08. The van der Waals surface area contributed by atoms with Crippen molar-refractivity contribution in [3.8, 4) is 28.6 Å². The van der Waals surface area contributed by atoms with Gasteiger partial charge in [0.05, 0.1) is 25.5 Å². The SMILES string of the molecule is COc1ccc(Br)cc1-c1nc(C(N)=O)c2[nH]c(=O)n(-c3ccccc3OC)c2n1. The molecule has 0 radical (unpaired) electrons. The van der Waals surface area contributed by atoms with E-state index in [0.717, 1.165) is 4.47 Å². The molecule has 2 aromatic carbocycles. The Hall–Kier alpha value is -3.66. The Morgan fingerprint density at radius 3 is 2.53 bits per heavy atom. The maximum Gasteiger partial charge on any atom is 0.332 e. The molecule has 2 heterocycles.